The third kappa shape index (κ3) is 1.09. The van der Waals surface area contributed by atoms with Crippen molar-refractivity contribution in [1.82, 2.24) is 9.97 Å². The Morgan fingerprint density at radius 3 is 3.27 bits per heavy atom. The number of rotatable bonds is 0. The number of nitrogens with one attached hydrogen (secondary N) is 1. The summed E-state index contributed by atoms with van der Waals surface area (Å²) in [5.41, 5.74) is 2.41. The molecule has 1 N–H and O–H groups in total. The van der Waals surface area contributed by atoms with Gasteiger partial charge in [0.25, 0.3) is 0 Å². The van der Waals surface area contributed by atoms with Crippen molar-refractivity contribution in [2.75, 3.05) is 0 Å². The molecule has 1 aliphatic carbocycles. The zero-order chi connectivity index (χ0) is 7.84. The molecule has 0 amide bonds. The molecule has 0 saturated heterocycles. The Morgan fingerprint density at radius 2 is 2.45 bits per heavy atom. The lowest BCUT2D eigenvalue weighted by atomic mass is 9.99. The smallest absolute Gasteiger partial charge is 0.103 e. The molecule has 0 aromatic carbocycles. The summed E-state index contributed by atoms with van der Waals surface area (Å²) in [6, 6.07) is 0. The molecule has 1 aliphatic rings. The maximum absolute atomic E-state index is 4.34. The highest BCUT2D eigenvalue weighted by atomic mass is 14.9. The maximum atomic E-state index is 4.34. The maximum Gasteiger partial charge on any atom is 0.103 e. The minimum absolute atomic E-state index is 0.655. The van der Waals surface area contributed by atoms with Crippen molar-refractivity contribution >= 4 is 6.08 Å². The van der Waals surface area contributed by atoms with Gasteiger partial charge in [0.1, 0.15) is 5.82 Å². The third-order valence-electron chi connectivity index (χ3n) is 2.04. The Kier molecular flexibility index (Phi) is 1.34. The van der Waals surface area contributed by atoms with Gasteiger partial charge in [0.15, 0.2) is 0 Å². The zero-order valence-electron chi connectivity index (χ0n) is 6.89. The molecule has 1 aromatic heterocycles. The van der Waals surface area contributed by atoms with Crippen LogP contribution in [-0.2, 0) is 6.42 Å². The van der Waals surface area contributed by atoms with Crippen molar-refractivity contribution in [3.63, 3.8) is 0 Å². The number of imidazole rings is 1. The van der Waals surface area contributed by atoms with Gasteiger partial charge in [-0.05, 0) is 25.3 Å². The molecule has 1 unspecified atom stereocenters. The highest BCUT2D eigenvalue weighted by Crippen LogP contribution is 2.19. The molecule has 2 nitrogen and oxygen atoms in total. The molecular weight excluding hydrogens is 136 g/mol. The molecule has 11 heavy (non-hydrogen) atoms. The van der Waals surface area contributed by atoms with Crippen molar-refractivity contribution in [2.45, 2.75) is 20.3 Å². The van der Waals surface area contributed by atoms with Gasteiger partial charge in [-0.3, -0.25) is 0 Å². The van der Waals surface area contributed by atoms with Crippen molar-refractivity contribution in [2.24, 2.45) is 5.92 Å². The molecule has 0 saturated carbocycles. The summed E-state index contributed by atoms with van der Waals surface area (Å²) in [7, 11) is 0. The van der Waals surface area contributed by atoms with Gasteiger partial charge in [0, 0.05) is 5.69 Å². The second kappa shape index (κ2) is 2.22. The Hall–Kier alpha value is -1.05. The number of fused-ring (bicyclic) bond motifs is 1. The summed E-state index contributed by atoms with van der Waals surface area (Å²) >= 11 is 0. The van der Waals surface area contributed by atoms with E-state index in [-0.39, 0.29) is 0 Å². The SMILES string of the molecule is Cc1nc2c([nH]1)CC(C)C=C2. The Balaban J connectivity index is 2.44. The predicted molar refractivity (Wildman–Crippen MR) is 45.2 cm³/mol. The van der Waals surface area contributed by atoms with Crippen LogP contribution in [0.25, 0.3) is 6.08 Å². The van der Waals surface area contributed by atoms with Gasteiger partial charge in [-0.15, -0.1) is 0 Å². The first-order valence-electron chi connectivity index (χ1n) is 3.99. The summed E-state index contributed by atoms with van der Waals surface area (Å²) in [6.45, 7) is 4.21. The Morgan fingerprint density at radius 1 is 1.64 bits per heavy atom. The fourth-order valence-electron chi connectivity index (χ4n) is 1.50. The number of H-pyrrole nitrogens is 1. The number of aryl methyl sites for hydroxylation is 1. The van der Waals surface area contributed by atoms with Crippen LogP contribution in [0, 0.1) is 12.8 Å². The third-order valence-corrected chi connectivity index (χ3v) is 2.04. The molecule has 0 spiro atoms. The number of aromatic nitrogens is 2. The van der Waals surface area contributed by atoms with E-state index in [4.69, 9.17) is 0 Å². The van der Waals surface area contributed by atoms with Crippen LogP contribution >= 0.6 is 0 Å². The van der Waals surface area contributed by atoms with Crippen LogP contribution in [0.5, 0.6) is 0 Å². The second-order valence-corrected chi connectivity index (χ2v) is 3.23. The molecule has 58 valence electrons. The van der Waals surface area contributed by atoms with Crippen molar-refractivity contribution < 1.29 is 0 Å². The van der Waals surface area contributed by atoms with E-state index in [9.17, 15) is 0 Å². The number of hydrogen-bond donors (Lipinski definition) is 1. The van der Waals surface area contributed by atoms with Crippen LogP contribution in [-0.4, -0.2) is 9.97 Å². The first-order chi connectivity index (χ1) is 5.25. The fraction of sp³-hybridized carbons (Fsp3) is 0.444. The molecule has 0 radical (unpaired) electrons. The molecule has 1 atom stereocenters. The number of allylic oxidation sites excluding steroid dienone is 1. The van der Waals surface area contributed by atoms with Crippen molar-refractivity contribution in [3.05, 3.63) is 23.3 Å². The lowest BCUT2D eigenvalue weighted by molar-refractivity contribution is 0.702. The molecule has 0 fully saturated rings. The van der Waals surface area contributed by atoms with E-state index >= 15 is 0 Å². The van der Waals surface area contributed by atoms with E-state index < -0.39 is 0 Å². The van der Waals surface area contributed by atoms with Crippen molar-refractivity contribution in [1.29, 1.82) is 0 Å². The second-order valence-electron chi connectivity index (χ2n) is 3.23. The van der Waals surface area contributed by atoms with E-state index in [1.807, 2.05) is 6.92 Å². The van der Waals surface area contributed by atoms with Gasteiger partial charge in [-0.25, -0.2) is 4.98 Å². The lowest BCUT2D eigenvalue weighted by Gasteiger charge is -2.09. The van der Waals surface area contributed by atoms with E-state index in [0.717, 1.165) is 17.9 Å². The van der Waals surface area contributed by atoms with Gasteiger partial charge < -0.3 is 4.98 Å². The van der Waals surface area contributed by atoms with Gasteiger partial charge in [-0.2, -0.15) is 0 Å². The first kappa shape index (κ1) is 6.65. The first-order valence-corrected chi connectivity index (χ1v) is 3.99. The van der Waals surface area contributed by atoms with Crippen LogP contribution in [0.1, 0.15) is 24.1 Å². The van der Waals surface area contributed by atoms with Crippen LogP contribution in [0.3, 0.4) is 0 Å². The number of nitrogens with zero attached hydrogens (tertiary/aromatic N) is 1. The predicted octanol–water partition coefficient (Wildman–Crippen LogP) is 1.92. The average molecular weight is 148 g/mol. The number of hydrogen-bond acceptors (Lipinski definition) is 1. The Bertz CT molecular complexity index is 297. The van der Waals surface area contributed by atoms with E-state index in [2.05, 4.69) is 29.0 Å². The fourth-order valence-corrected chi connectivity index (χ4v) is 1.50. The van der Waals surface area contributed by atoms with Crippen LogP contribution in [0.15, 0.2) is 6.08 Å². The molecule has 2 heteroatoms. The topological polar surface area (TPSA) is 28.7 Å². The van der Waals surface area contributed by atoms with Crippen LogP contribution in [0.4, 0.5) is 0 Å². The summed E-state index contributed by atoms with van der Waals surface area (Å²) in [5, 5.41) is 0. The van der Waals surface area contributed by atoms with E-state index in [1.54, 1.807) is 0 Å². The van der Waals surface area contributed by atoms with Crippen LogP contribution in [0.2, 0.25) is 0 Å². The van der Waals surface area contributed by atoms with Gasteiger partial charge in [-0.1, -0.05) is 13.0 Å². The van der Waals surface area contributed by atoms with Crippen molar-refractivity contribution in [3.8, 4) is 0 Å². The summed E-state index contributed by atoms with van der Waals surface area (Å²) in [4.78, 5) is 7.61. The van der Waals surface area contributed by atoms with E-state index in [0.29, 0.717) is 5.92 Å². The number of aromatic amines is 1. The molecule has 2 rings (SSSR count). The molecule has 1 aromatic rings. The molecule has 1 heterocycles. The summed E-state index contributed by atoms with van der Waals surface area (Å²) in [6.07, 6.45) is 5.42. The lowest BCUT2D eigenvalue weighted by Crippen LogP contribution is -2.02. The molecule has 0 aliphatic heterocycles. The monoisotopic (exact) mass is 148 g/mol. The summed E-state index contributed by atoms with van der Waals surface area (Å²) in [5.74, 6) is 1.68. The van der Waals surface area contributed by atoms with Gasteiger partial charge in [0.2, 0.25) is 0 Å². The standard InChI is InChI=1S/C9H12N2/c1-6-3-4-8-9(5-6)11-7(2)10-8/h3-4,6H,5H2,1-2H3,(H,10,11). The average Bonchev–Trinajstić information content (AvgIpc) is 2.27. The minimum atomic E-state index is 0.655. The van der Waals surface area contributed by atoms with Gasteiger partial charge >= 0.3 is 0 Å². The normalized spacial score (nSPS) is 21.8. The Labute approximate surface area is 66.4 Å². The quantitative estimate of drug-likeness (QED) is 0.598. The molecular formula is C9H12N2. The van der Waals surface area contributed by atoms with E-state index in [1.165, 1.54) is 5.69 Å². The van der Waals surface area contributed by atoms with Gasteiger partial charge in [0.05, 0.1) is 5.69 Å². The highest BCUT2D eigenvalue weighted by molar-refractivity contribution is 5.51. The largest absolute Gasteiger partial charge is 0.346 e. The minimum Gasteiger partial charge on any atom is -0.346 e. The molecule has 0 bridgehead atoms. The van der Waals surface area contributed by atoms with Crippen LogP contribution < -0.4 is 0 Å². The highest BCUT2D eigenvalue weighted by Gasteiger charge is 2.12. The zero-order valence-corrected chi connectivity index (χ0v) is 6.89. The summed E-state index contributed by atoms with van der Waals surface area (Å²) < 4.78 is 0.